The first-order valence-corrected chi connectivity index (χ1v) is 14.4. The lowest BCUT2D eigenvalue weighted by Gasteiger charge is -2.57. The van der Waals surface area contributed by atoms with Gasteiger partial charge >= 0.3 is 5.69 Å². The summed E-state index contributed by atoms with van der Waals surface area (Å²) in [4.78, 5) is 31.9. The van der Waals surface area contributed by atoms with Crippen LogP contribution in [0.4, 0.5) is 5.13 Å². The number of aromatic amines is 1. The summed E-state index contributed by atoms with van der Waals surface area (Å²) in [6.45, 7) is 0. The summed E-state index contributed by atoms with van der Waals surface area (Å²) in [6, 6.07) is 15.3. The Hall–Kier alpha value is -4.05. The number of nitrogens with zero attached hydrogens (tertiary/aromatic N) is 4. The Morgan fingerprint density at radius 1 is 1.00 bits per heavy atom. The standard InChI is InChI=1S/C30H29N5O4S/c1-39-23-8-2-20(3-9-23)26-33-34-28(40-26)31-16-24-25(36)32-29(38)35(27(24)37)22-6-4-21(5-7-22)30-13-17-10-18(14-30)12-19(11-17)15-30/h2-9,16-19,37H,10-15H2,1H3,(H,32,36,38). The molecule has 40 heavy (non-hydrogen) atoms. The first-order chi connectivity index (χ1) is 19.4. The molecule has 2 N–H and O–H groups in total. The molecule has 0 saturated heterocycles. The summed E-state index contributed by atoms with van der Waals surface area (Å²) in [5.74, 6) is 2.76. The van der Waals surface area contributed by atoms with Gasteiger partial charge in [0.05, 0.1) is 12.8 Å². The lowest BCUT2D eigenvalue weighted by Crippen LogP contribution is -2.48. The smallest absolute Gasteiger partial charge is 0.335 e. The number of hydrogen-bond acceptors (Lipinski definition) is 8. The number of aliphatic imine (C=N–C) groups is 1. The van der Waals surface area contributed by atoms with Gasteiger partial charge in [-0.1, -0.05) is 23.5 Å². The van der Waals surface area contributed by atoms with E-state index in [4.69, 9.17) is 4.74 Å². The molecule has 4 saturated carbocycles. The van der Waals surface area contributed by atoms with Crippen molar-refractivity contribution in [3.63, 3.8) is 0 Å². The van der Waals surface area contributed by atoms with Crippen LogP contribution in [0.25, 0.3) is 16.3 Å². The molecule has 2 heterocycles. The summed E-state index contributed by atoms with van der Waals surface area (Å²) < 4.78 is 6.29. The molecule has 9 nitrogen and oxygen atoms in total. The van der Waals surface area contributed by atoms with Gasteiger partial charge in [0.25, 0.3) is 5.56 Å². The van der Waals surface area contributed by atoms with Crippen molar-refractivity contribution in [2.75, 3.05) is 7.11 Å². The van der Waals surface area contributed by atoms with E-state index in [1.165, 1.54) is 61.6 Å². The molecule has 0 atom stereocenters. The summed E-state index contributed by atoms with van der Waals surface area (Å²) in [5, 5.41) is 20.2. The molecule has 0 amide bonds. The van der Waals surface area contributed by atoms with Crippen LogP contribution in [0.3, 0.4) is 0 Å². The first kappa shape index (κ1) is 25.0. The Morgan fingerprint density at radius 3 is 2.27 bits per heavy atom. The molecular formula is C30H29N5O4S. The van der Waals surface area contributed by atoms with Crippen molar-refractivity contribution in [2.45, 2.75) is 43.9 Å². The molecule has 2 aromatic carbocycles. The molecule has 204 valence electrons. The quantitative estimate of drug-likeness (QED) is 0.324. The SMILES string of the molecule is COc1ccc(-c2nnc(N=Cc3c(O)n(-c4ccc(C56CC7CC(CC(C7)C5)C6)cc4)c(=O)[nH]c3=O)s2)cc1. The molecule has 10 heteroatoms. The van der Waals surface area contributed by atoms with Gasteiger partial charge in [0.15, 0.2) is 0 Å². The lowest BCUT2D eigenvalue weighted by atomic mass is 9.48. The largest absolute Gasteiger partial charge is 0.497 e. The molecule has 0 aliphatic heterocycles. The Labute approximate surface area is 234 Å². The molecule has 4 fully saturated rings. The van der Waals surface area contributed by atoms with E-state index in [0.717, 1.165) is 33.6 Å². The van der Waals surface area contributed by atoms with Crippen molar-refractivity contribution in [2.24, 2.45) is 22.7 Å². The van der Waals surface area contributed by atoms with Crippen LogP contribution >= 0.6 is 11.3 Å². The van der Waals surface area contributed by atoms with E-state index in [1.807, 2.05) is 36.4 Å². The lowest BCUT2D eigenvalue weighted by molar-refractivity contribution is -0.00518. The second-order valence-electron chi connectivity index (χ2n) is 11.5. The van der Waals surface area contributed by atoms with Gasteiger partial charge in [-0.2, -0.15) is 0 Å². The van der Waals surface area contributed by atoms with Crippen LogP contribution in [0.5, 0.6) is 11.6 Å². The van der Waals surface area contributed by atoms with Gasteiger partial charge in [0.2, 0.25) is 11.0 Å². The monoisotopic (exact) mass is 555 g/mol. The Bertz CT molecular complexity index is 1680. The minimum absolute atomic E-state index is 0.133. The summed E-state index contributed by atoms with van der Waals surface area (Å²) in [6.07, 6.45) is 9.08. The molecule has 0 radical (unpaired) electrons. The maximum absolute atomic E-state index is 12.8. The zero-order chi connectivity index (χ0) is 27.4. The van der Waals surface area contributed by atoms with Crippen molar-refractivity contribution in [1.82, 2.24) is 19.7 Å². The van der Waals surface area contributed by atoms with E-state index >= 15 is 0 Å². The second kappa shape index (κ2) is 9.55. The number of aromatic hydroxyl groups is 1. The van der Waals surface area contributed by atoms with Crippen LogP contribution in [0, 0.1) is 17.8 Å². The number of benzene rings is 2. The summed E-state index contributed by atoms with van der Waals surface area (Å²) in [7, 11) is 1.60. The third-order valence-electron chi connectivity index (χ3n) is 8.95. The number of hydrogen-bond donors (Lipinski definition) is 2. The number of aromatic nitrogens is 4. The van der Waals surface area contributed by atoms with Crippen LogP contribution in [-0.2, 0) is 5.41 Å². The highest BCUT2D eigenvalue weighted by molar-refractivity contribution is 7.18. The Kier molecular flexibility index (Phi) is 5.96. The van der Waals surface area contributed by atoms with E-state index in [-0.39, 0.29) is 11.0 Å². The molecule has 4 aromatic rings. The number of H-pyrrole nitrogens is 1. The molecular weight excluding hydrogens is 526 g/mol. The highest BCUT2D eigenvalue weighted by Crippen LogP contribution is 2.60. The van der Waals surface area contributed by atoms with Crippen LogP contribution in [0.2, 0.25) is 0 Å². The van der Waals surface area contributed by atoms with Crippen molar-refractivity contribution in [3.05, 3.63) is 80.5 Å². The Balaban J connectivity index is 1.16. The van der Waals surface area contributed by atoms with Gasteiger partial charge in [-0.15, -0.1) is 10.2 Å². The van der Waals surface area contributed by atoms with Crippen molar-refractivity contribution >= 4 is 22.7 Å². The maximum atomic E-state index is 12.8. The minimum atomic E-state index is -0.729. The van der Waals surface area contributed by atoms with E-state index in [1.54, 1.807) is 7.11 Å². The van der Waals surface area contributed by atoms with Gasteiger partial charge in [-0.25, -0.2) is 14.4 Å². The van der Waals surface area contributed by atoms with Gasteiger partial charge in [-0.3, -0.25) is 9.78 Å². The minimum Gasteiger partial charge on any atom is -0.497 e. The van der Waals surface area contributed by atoms with Crippen LogP contribution in [0.15, 0.2) is 63.1 Å². The van der Waals surface area contributed by atoms with Gasteiger partial charge in [-0.05, 0) is 104 Å². The second-order valence-corrected chi connectivity index (χ2v) is 12.4. The third kappa shape index (κ3) is 4.27. The molecule has 4 aliphatic rings. The molecule has 4 aliphatic carbocycles. The van der Waals surface area contributed by atoms with Gasteiger partial charge < -0.3 is 9.84 Å². The topological polar surface area (TPSA) is 122 Å². The van der Waals surface area contributed by atoms with E-state index < -0.39 is 17.1 Å². The number of nitrogens with one attached hydrogen (secondary N) is 1. The molecule has 2 aromatic heterocycles. The van der Waals surface area contributed by atoms with Crippen LogP contribution in [-0.4, -0.2) is 38.2 Å². The van der Waals surface area contributed by atoms with Crippen LogP contribution in [0.1, 0.15) is 49.7 Å². The van der Waals surface area contributed by atoms with E-state index in [2.05, 4.69) is 32.3 Å². The molecule has 0 unspecified atom stereocenters. The van der Waals surface area contributed by atoms with Crippen molar-refractivity contribution in [1.29, 1.82) is 0 Å². The van der Waals surface area contributed by atoms with Crippen molar-refractivity contribution < 1.29 is 9.84 Å². The average molecular weight is 556 g/mol. The normalized spacial score (nSPS) is 25.1. The summed E-state index contributed by atoms with van der Waals surface area (Å²) >= 11 is 1.24. The number of methoxy groups -OCH3 is 1. The highest BCUT2D eigenvalue weighted by atomic mass is 32.1. The highest BCUT2D eigenvalue weighted by Gasteiger charge is 2.51. The van der Waals surface area contributed by atoms with Gasteiger partial charge in [0.1, 0.15) is 16.3 Å². The maximum Gasteiger partial charge on any atom is 0.335 e. The number of ether oxygens (including phenoxy) is 1. The van der Waals surface area contributed by atoms with Gasteiger partial charge in [0, 0.05) is 11.8 Å². The zero-order valence-electron chi connectivity index (χ0n) is 22.0. The number of rotatable bonds is 6. The molecule has 4 bridgehead atoms. The molecule has 8 rings (SSSR count). The third-order valence-corrected chi connectivity index (χ3v) is 9.83. The fourth-order valence-corrected chi connectivity index (χ4v) is 8.26. The van der Waals surface area contributed by atoms with E-state index in [0.29, 0.717) is 15.8 Å². The van der Waals surface area contributed by atoms with E-state index in [9.17, 15) is 14.7 Å². The van der Waals surface area contributed by atoms with Crippen molar-refractivity contribution in [3.8, 4) is 27.9 Å². The predicted octanol–water partition coefficient (Wildman–Crippen LogP) is 4.98. The first-order valence-electron chi connectivity index (χ1n) is 13.6. The fourth-order valence-electron chi connectivity index (χ4n) is 7.56. The Morgan fingerprint density at radius 2 is 1.65 bits per heavy atom. The summed E-state index contributed by atoms with van der Waals surface area (Å²) in [5.41, 5.74) is 1.32. The fraction of sp³-hybridized carbons (Fsp3) is 0.367. The molecule has 0 spiro atoms. The predicted molar refractivity (Wildman–Crippen MR) is 153 cm³/mol. The zero-order valence-corrected chi connectivity index (χ0v) is 22.9. The van der Waals surface area contributed by atoms with Crippen LogP contribution < -0.4 is 16.0 Å². The average Bonchev–Trinajstić information content (AvgIpc) is 3.41.